The first-order chi connectivity index (χ1) is 12.2. The minimum Gasteiger partial charge on any atom is -0.449 e. The van der Waals surface area contributed by atoms with Crippen LogP contribution in [0.3, 0.4) is 0 Å². The predicted octanol–water partition coefficient (Wildman–Crippen LogP) is 3.99. The number of anilines is 1. The van der Waals surface area contributed by atoms with Crippen LogP contribution in [0.4, 0.5) is 5.69 Å². The summed E-state index contributed by atoms with van der Waals surface area (Å²) < 4.78 is 6.86. The second-order valence-corrected chi connectivity index (χ2v) is 7.09. The number of carbonyl (C=O) groups is 2. The van der Waals surface area contributed by atoms with E-state index in [0.717, 1.165) is 5.56 Å². The number of nitrogens with zero attached hydrogens (tertiary/aromatic N) is 2. The molecule has 0 radical (unpaired) electrons. The van der Waals surface area contributed by atoms with E-state index in [9.17, 15) is 9.59 Å². The van der Waals surface area contributed by atoms with Crippen LogP contribution in [0, 0.1) is 19.8 Å². The van der Waals surface area contributed by atoms with Crippen LogP contribution in [-0.2, 0) is 16.1 Å². The normalized spacial score (nSPS) is 12.1. The molecule has 140 valence electrons. The molecule has 0 bridgehead atoms. The van der Waals surface area contributed by atoms with Crippen molar-refractivity contribution in [3.8, 4) is 0 Å². The predicted molar refractivity (Wildman–Crippen MR) is 101 cm³/mol. The van der Waals surface area contributed by atoms with Crippen molar-refractivity contribution in [2.45, 2.75) is 47.3 Å². The topological polar surface area (TPSA) is 73.2 Å². The average Bonchev–Trinajstić information content (AvgIpc) is 2.82. The summed E-state index contributed by atoms with van der Waals surface area (Å²) in [6.07, 6.45) is -0.965. The van der Waals surface area contributed by atoms with E-state index in [1.807, 2.05) is 32.9 Å². The van der Waals surface area contributed by atoms with E-state index in [1.165, 1.54) is 6.92 Å². The molecular weight excluding hydrogens is 354 g/mol. The van der Waals surface area contributed by atoms with Crippen molar-refractivity contribution >= 4 is 29.2 Å². The Labute approximate surface area is 158 Å². The molecule has 0 unspecified atom stereocenters. The highest BCUT2D eigenvalue weighted by atomic mass is 35.5. The molecular formula is C19H24ClN3O3. The minimum atomic E-state index is -0.965. The van der Waals surface area contributed by atoms with Crippen molar-refractivity contribution < 1.29 is 14.3 Å². The van der Waals surface area contributed by atoms with E-state index in [0.29, 0.717) is 23.8 Å². The number of hydrogen-bond donors (Lipinski definition) is 1. The zero-order chi connectivity index (χ0) is 19.4. The zero-order valence-corrected chi connectivity index (χ0v) is 16.4. The van der Waals surface area contributed by atoms with E-state index in [1.54, 1.807) is 23.7 Å². The van der Waals surface area contributed by atoms with Crippen LogP contribution in [0.2, 0.25) is 5.15 Å². The van der Waals surface area contributed by atoms with Crippen molar-refractivity contribution in [1.82, 2.24) is 9.78 Å². The number of benzene rings is 1. The summed E-state index contributed by atoms with van der Waals surface area (Å²) in [4.78, 5) is 24.7. The Morgan fingerprint density at radius 3 is 2.38 bits per heavy atom. The Kier molecular flexibility index (Phi) is 6.42. The Balaban J connectivity index is 2.05. The van der Waals surface area contributed by atoms with Gasteiger partial charge in [-0.1, -0.05) is 43.1 Å². The Morgan fingerprint density at radius 2 is 1.81 bits per heavy atom. The van der Waals surface area contributed by atoms with Crippen LogP contribution < -0.4 is 5.32 Å². The first kappa shape index (κ1) is 20.0. The van der Waals surface area contributed by atoms with Gasteiger partial charge in [0.05, 0.1) is 5.69 Å². The summed E-state index contributed by atoms with van der Waals surface area (Å²) in [5.41, 5.74) is 2.41. The molecule has 0 aliphatic carbocycles. The van der Waals surface area contributed by atoms with Gasteiger partial charge in [-0.05, 0) is 38.8 Å². The maximum absolute atomic E-state index is 12.5. The number of amides is 1. The van der Waals surface area contributed by atoms with Crippen LogP contribution in [0.15, 0.2) is 24.3 Å². The molecule has 0 aliphatic rings. The summed E-state index contributed by atoms with van der Waals surface area (Å²) >= 11 is 6.28. The van der Waals surface area contributed by atoms with Crippen LogP contribution in [0.1, 0.15) is 42.4 Å². The number of rotatable bonds is 6. The Bertz CT molecular complexity index is 797. The molecule has 0 aliphatic heterocycles. The largest absolute Gasteiger partial charge is 0.449 e. The average molecular weight is 378 g/mol. The van der Waals surface area contributed by atoms with Crippen molar-refractivity contribution in [3.05, 3.63) is 46.2 Å². The molecule has 1 heterocycles. The van der Waals surface area contributed by atoms with Gasteiger partial charge >= 0.3 is 5.97 Å². The fraction of sp³-hybridized carbons (Fsp3) is 0.421. The number of aromatic nitrogens is 2. The highest BCUT2D eigenvalue weighted by Crippen LogP contribution is 2.22. The number of esters is 1. The van der Waals surface area contributed by atoms with Gasteiger partial charge in [0.15, 0.2) is 6.10 Å². The van der Waals surface area contributed by atoms with Gasteiger partial charge in [0.1, 0.15) is 10.7 Å². The smallest absolute Gasteiger partial charge is 0.343 e. The summed E-state index contributed by atoms with van der Waals surface area (Å²) in [6.45, 7) is 9.82. The molecule has 2 aromatic rings. The summed E-state index contributed by atoms with van der Waals surface area (Å²) in [5, 5.41) is 7.23. The third kappa shape index (κ3) is 4.85. The molecule has 1 amide bonds. The summed E-state index contributed by atoms with van der Waals surface area (Å²) in [5.74, 6) is -0.741. The van der Waals surface area contributed by atoms with Gasteiger partial charge in [0, 0.05) is 12.2 Å². The minimum absolute atomic E-state index is 0.197. The molecule has 1 atom stereocenters. The molecule has 0 saturated carbocycles. The number of aryl methyl sites for hydroxylation is 2. The maximum atomic E-state index is 12.5. The molecule has 7 heteroatoms. The lowest BCUT2D eigenvalue weighted by Crippen LogP contribution is -2.30. The number of carbonyl (C=O) groups excluding carboxylic acids is 2. The Hall–Kier alpha value is -2.34. The second-order valence-electron chi connectivity index (χ2n) is 6.73. The van der Waals surface area contributed by atoms with Gasteiger partial charge in [-0.2, -0.15) is 5.10 Å². The van der Waals surface area contributed by atoms with E-state index in [4.69, 9.17) is 16.3 Å². The van der Waals surface area contributed by atoms with Gasteiger partial charge in [-0.3, -0.25) is 9.48 Å². The number of hydrogen-bond acceptors (Lipinski definition) is 4. The SMILES string of the molecule is Cc1ccc(NC(=O)[C@H](C)OC(=O)c2c(C)nn(CC(C)C)c2Cl)cc1. The van der Waals surface area contributed by atoms with Gasteiger partial charge in [-0.15, -0.1) is 0 Å². The van der Waals surface area contributed by atoms with Gasteiger partial charge in [-0.25, -0.2) is 4.79 Å². The maximum Gasteiger partial charge on any atom is 0.343 e. The third-order valence-electron chi connectivity index (χ3n) is 3.78. The highest BCUT2D eigenvalue weighted by molar-refractivity contribution is 6.32. The van der Waals surface area contributed by atoms with E-state index < -0.39 is 18.0 Å². The van der Waals surface area contributed by atoms with Crippen molar-refractivity contribution in [1.29, 1.82) is 0 Å². The first-order valence-electron chi connectivity index (χ1n) is 8.50. The molecule has 6 nitrogen and oxygen atoms in total. The molecule has 1 aromatic carbocycles. The summed E-state index contributed by atoms with van der Waals surface area (Å²) in [7, 11) is 0. The zero-order valence-electron chi connectivity index (χ0n) is 15.7. The van der Waals surface area contributed by atoms with Crippen molar-refractivity contribution in [2.75, 3.05) is 5.32 Å². The number of halogens is 1. The molecule has 0 fully saturated rings. The first-order valence-corrected chi connectivity index (χ1v) is 8.88. The van der Waals surface area contributed by atoms with Gasteiger partial charge in [0.25, 0.3) is 5.91 Å². The van der Waals surface area contributed by atoms with Crippen molar-refractivity contribution in [3.63, 3.8) is 0 Å². The Morgan fingerprint density at radius 1 is 1.19 bits per heavy atom. The summed E-state index contributed by atoms with van der Waals surface area (Å²) in [6, 6.07) is 7.36. The van der Waals surface area contributed by atoms with Gasteiger partial charge in [0.2, 0.25) is 0 Å². The molecule has 1 aromatic heterocycles. The van der Waals surface area contributed by atoms with E-state index in [2.05, 4.69) is 10.4 Å². The highest BCUT2D eigenvalue weighted by Gasteiger charge is 2.26. The van der Waals surface area contributed by atoms with Crippen LogP contribution in [0.25, 0.3) is 0 Å². The van der Waals surface area contributed by atoms with Crippen LogP contribution >= 0.6 is 11.6 Å². The van der Waals surface area contributed by atoms with Crippen LogP contribution in [-0.4, -0.2) is 27.8 Å². The standard InChI is InChI=1S/C19H24ClN3O3/c1-11(2)10-23-17(20)16(13(4)22-23)19(25)26-14(5)18(24)21-15-8-6-12(3)7-9-15/h6-9,11,14H,10H2,1-5H3,(H,21,24)/t14-/m0/s1. The second kappa shape index (κ2) is 8.36. The lowest BCUT2D eigenvalue weighted by Gasteiger charge is -2.13. The third-order valence-corrected chi connectivity index (χ3v) is 4.16. The van der Waals surface area contributed by atoms with Crippen molar-refractivity contribution in [2.24, 2.45) is 5.92 Å². The lowest BCUT2D eigenvalue weighted by molar-refractivity contribution is -0.123. The quantitative estimate of drug-likeness (QED) is 0.772. The molecule has 0 spiro atoms. The fourth-order valence-corrected chi connectivity index (χ4v) is 2.73. The fourth-order valence-electron chi connectivity index (χ4n) is 2.41. The monoisotopic (exact) mass is 377 g/mol. The molecule has 0 saturated heterocycles. The number of ether oxygens (including phenoxy) is 1. The van der Waals surface area contributed by atoms with Gasteiger partial charge < -0.3 is 10.1 Å². The van der Waals surface area contributed by atoms with E-state index >= 15 is 0 Å². The molecule has 26 heavy (non-hydrogen) atoms. The van der Waals surface area contributed by atoms with Crippen LogP contribution in [0.5, 0.6) is 0 Å². The lowest BCUT2D eigenvalue weighted by atomic mass is 10.2. The number of nitrogens with one attached hydrogen (secondary N) is 1. The van der Waals surface area contributed by atoms with E-state index in [-0.39, 0.29) is 10.7 Å². The molecule has 2 rings (SSSR count). The molecule has 1 N–H and O–H groups in total.